The van der Waals surface area contributed by atoms with Gasteiger partial charge < -0.3 is 9.15 Å². The molecular formula is C13H14N2O3. The van der Waals surface area contributed by atoms with E-state index in [-0.39, 0.29) is 5.97 Å². The van der Waals surface area contributed by atoms with Crippen molar-refractivity contribution in [1.82, 2.24) is 9.97 Å². The van der Waals surface area contributed by atoms with Crippen LogP contribution in [0.15, 0.2) is 29.2 Å². The quantitative estimate of drug-likeness (QED) is 0.775. The highest BCUT2D eigenvalue weighted by molar-refractivity contribution is 5.90. The summed E-state index contributed by atoms with van der Waals surface area (Å²) in [4.78, 5) is 20.2. The van der Waals surface area contributed by atoms with Crippen LogP contribution in [0, 0.1) is 0 Å². The summed E-state index contributed by atoms with van der Waals surface area (Å²) < 4.78 is 9.95. The molecule has 94 valence electrons. The third-order valence-corrected chi connectivity index (χ3v) is 2.48. The number of esters is 1. The van der Waals surface area contributed by atoms with Crippen LogP contribution in [0.1, 0.15) is 29.9 Å². The van der Waals surface area contributed by atoms with Gasteiger partial charge in [-0.25, -0.2) is 14.8 Å². The molecule has 2 heterocycles. The standard InChI is InChI=1S/C13H14N2O3/c1-3-11-10(13(16)18-4-2)7-14-12(15-11)9-5-6-17-8-9/h5-8H,3-4H2,1-2H3. The van der Waals surface area contributed by atoms with Gasteiger partial charge in [0.25, 0.3) is 0 Å². The summed E-state index contributed by atoms with van der Waals surface area (Å²) in [7, 11) is 0. The van der Waals surface area contributed by atoms with E-state index in [0.717, 1.165) is 5.56 Å². The molecule has 0 aromatic carbocycles. The van der Waals surface area contributed by atoms with E-state index in [4.69, 9.17) is 9.15 Å². The van der Waals surface area contributed by atoms with Gasteiger partial charge in [0.05, 0.1) is 29.7 Å². The number of carbonyl (C=O) groups excluding carboxylic acids is 1. The first-order chi connectivity index (χ1) is 8.76. The molecule has 0 amide bonds. The fraction of sp³-hybridized carbons (Fsp3) is 0.308. The predicted octanol–water partition coefficient (Wildman–Crippen LogP) is 2.48. The number of ether oxygens (including phenoxy) is 1. The van der Waals surface area contributed by atoms with E-state index in [1.54, 1.807) is 25.5 Å². The van der Waals surface area contributed by atoms with Crippen LogP contribution < -0.4 is 0 Å². The number of rotatable bonds is 4. The zero-order chi connectivity index (χ0) is 13.0. The minimum absolute atomic E-state index is 0.339. The molecule has 0 atom stereocenters. The summed E-state index contributed by atoms with van der Waals surface area (Å²) >= 11 is 0. The van der Waals surface area contributed by atoms with Crippen LogP contribution in [0.25, 0.3) is 11.4 Å². The molecule has 0 saturated carbocycles. The number of aromatic nitrogens is 2. The average Bonchev–Trinajstić information content (AvgIpc) is 2.92. The molecule has 0 N–H and O–H groups in total. The number of aryl methyl sites for hydroxylation is 1. The van der Waals surface area contributed by atoms with E-state index < -0.39 is 0 Å². The van der Waals surface area contributed by atoms with Crippen LogP contribution in [-0.4, -0.2) is 22.5 Å². The molecule has 2 aromatic rings. The Hall–Kier alpha value is -2.17. The molecule has 0 bridgehead atoms. The lowest BCUT2D eigenvalue weighted by atomic mass is 10.2. The summed E-state index contributed by atoms with van der Waals surface area (Å²) in [6.45, 7) is 4.04. The Bertz CT molecular complexity index is 535. The second kappa shape index (κ2) is 5.44. The van der Waals surface area contributed by atoms with Gasteiger partial charge in [-0.15, -0.1) is 0 Å². The molecule has 5 nitrogen and oxygen atoms in total. The second-order valence-electron chi connectivity index (χ2n) is 3.64. The topological polar surface area (TPSA) is 65.2 Å². The zero-order valence-electron chi connectivity index (χ0n) is 10.3. The molecule has 0 aliphatic heterocycles. The van der Waals surface area contributed by atoms with E-state index in [9.17, 15) is 4.79 Å². The Labute approximate surface area is 105 Å². The maximum Gasteiger partial charge on any atom is 0.341 e. The van der Waals surface area contributed by atoms with Crippen molar-refractivity contribution in [2.75, 3.05) is 6.61 Å². The van der Waals surface area contributed by atoms with Crippen molar-refractivity contribution in [2.24, 2.45) is 0 Å². The largest absolute Gasteiger partial charge is 0.472 e. The third-order valence-electron chi connectivity index (χ3n) is 2.48. The summed E-state index contributed by atoms with van der Waals surface area (Å²) in [6.07, 6.45) is 5.27. The molecule has 2 rings (SSSR count). The van der Waals surface area contributed by atoms with Crippen molar-refractivity contribution < 1.29 is 13.9 Å². The van der Waals surface area contributed by atoms with Crippen molar-refractivity contribution in [1.29, 1.82) is 0 Å². The summed E-state index contributed by atoms with van der Waals surface area (Å²) in [5, 5.41) is 0. The lowest BCUT2D eigenvalue weighted by Gasteiger charge is -2.07. The van der Waals surface area contributed by atoms with Gasteiger partial charge in [-0.2, -0.15) is 0 Å². The van der Waals surface area contributed by atoms with E-state index in [1.807, 2.05) is 6.92 Å². The van der Waals surface area contributed by atoms with Gasteiger partial charge in [0.15, 0.2) is 5.82 Å². The van der Waals surface area contributed by atoms with Crippen LogP contribution >= 0.6 is 0 Å². The van der Waals surface area contributed by atoms with Crippen molar-refractivity contribution in [3.8, 4) is 11.4 Å². The van der Waals surface area contributed by atoms with Gasteiger partial charge in [-0.3, -0.25) is 0 Å². The van der Waals surface area contributed by atoms with Crippen molar-refractivity contribution in [3.63, 3.8) is 0 Å². The normalized spacial score (nSPS) is 10.3. The number of carbonyl (C=O) groups is 1. The van der Waals surface area contributed by atoms with Crippen LogP contribution in [0.5, 0.6) is 0 Å². The van der Waals surface area contributed by atoms with Crippen molar-refractivity contribution >= 4 is 5.97 Å². The Morgan fingerprint density at radius 1 is 1.44 bits per heavy atom. The first kappa shape index (κ1) is 12.3. The zero-order valence-corrected chi connectivity index (χ0v) is 10.3. The smallest absolute Gasteiger partial charge is 0.341 e. The van der Waals surface area contributed by atoms with E-state index >= 15 is 0 Å². The van der Waals surface area contributed by atoms with Gasteiger partial charge in [-0.05, 0) is 19.4 Å². The lowest BCUT2D eigenvalue weighted by molar-refractivity contribution is 0.0524. The summed E-state index contributed by atoms with van der Waals surface area (Å²) in [6, 6.07) is 1.78. The van der Waals surface area contributed by atoms with Gasteiger partial charge >= 0.3 is 5.97 Å². The molecule has 0 radical (unpaired) electrons. The highest BCUT2D eigenvalue weighted by Crippen LogP contribution is 2.17. The first-order valence-electron chi connectivity index (χ1n) is 5.81. The van der Waals surface area contributed by atoms with Crippen LogP contribution in [0.3, 0.4) is 0 Å². The van der Waals surface area contributed by atoms with Crippen molar-refractivity contribution in [2.45, 2.75) is 20.3 Å². The minimum atomic E-state index is -0.381. The molecule has 0 aliphatic carbocycles. The number of hydrogen-bond acceptors (Lipinski definition) is 5. The second-order valence-corrected chi connectivity index (χ2v) is 3.64. The summed E-state index contributed by atoms with van der Waals surface area (Å²) in [5.41, 5.74) is 1.89. The maximum atomic E-state index is 11.7. The molecule has 0 aliphatic rings. The minimum Gasteiger partial charge on any atom is -0.472 e. The summed E-state index contributed by atoms with van der Waals surface area (Å²) in [5.74, 6) is 0.168. The Balaban J connectivity index is 2.37. The van der Waals surface area contributed by atoms with Gasteiger partial charge in [-0.1, -0.05) is 6.92 Å². The third kappa shape index (κ3) is 2.40. The van der Waals surface area contributed by atoms with Crippen LogP contribution in [0.4, 0.5) is 0 Å². The Morgan fingerprint density at radius 3 is 2.89 bits per heavy atom. The number of furan rings is 1. The van der Waals surface area contributed by atoms with Gasteiger partial charge in [0, 0.05) is 6.20 Å². The maximum absolute atomic E-state index is 11.7. The predicted molar refractivity (Wildman–Crippen MR) is 65.1 cm³/mol. The molecule has 0 spiro atoms. The van der Waals surface area contributed by atoms with Gasteiger partial charge in [0.2, 0.25) is 0 Å². The SMILES string of the molecule is CCOC(=O)c1cnc(-c2ccoc2)nc1CC. The fourth-order valence-corrected chi connectivity index (χ4v) is 1.60. The van der Waals surface area contributed by atoms with Gasteiger partial charge in [0.1, 0.15) is 6.26 Å². The number of hydrogen-bond donors (Lipinski definition) is 0. The average molecular weight is 246 g/mol. The van der Waals surface area contributed by atoms with Crippen LogP contribution in [0.2, 0.25) is 0 Å². The molecule has 0 fully saturated rings. The Kier molecular flexibility index (Phi) is 3.72. The molecule has 18 heavy (non-hydrogen) atoms. The molecule has 2 aromatic heterocycles. The molecule has 5 heteroatoms. The lowest BCUT2D eigenvalue weighted by Crippen LogP contribution is -2.10. The first-order valence-corrected chi connectivity index (χ1v) is 5.81. The highest BCUT2D eigenvalue weighted by Gasteiger charge is 2.15. The molecule has 0 saturated heterocycles. The van der Waals surface area contributed by atoms with E-state index in [0.29, 0.717) is 30.1 Å². The van der Waals surface area contributed by atoms with Crippen molar-refractivity contribution in [3.05, 3.63) is 36.0 Å². The molecule has 0 unspecified atom stereocenters. The highest BCUT2D eigenvalue weighted by atomic mass is 16.5. The van der Waals surface area contributed by atoms with E-state index in [2.05, 4.69) is 9.97 Å². The monoisotopic (exact) mass is 246 g/mol. The van der Waals surface area contributed by atoms with Crippen LogP contribution in [-0.2, 0) is 11.2 Å². The number of nitrogens with zero attached hydrogens (tertiary/aromatic N) is 2. The molecular weight excluding hydrogens is 232 g/mol. The fourth-order valence-electron chi connectivity index (χ4n) is 1.60. The van der Waals surface area contributed by atoms with E-state index in [1.165, 1.54) is 6.20 Å². The Morgan fingerprint density at radius 2 is 2.28 bits per heavy atom.